The van der Waals surface area contributed by atoms with Crippen LogP contribution in [0, 0.1) is 5.82 Å². The Morgan fingerprint density at radius 3 is 2.80 bits per heavy atom. The zero-order chi connectivity index (χ0) is 11.0. The van der Waals surface area contributed by atoms with Crippen molar-refractivity contribution in [1.29, 1.82) is 0 Å². The van der Waals surface area contributed by atoms with Crippen LogP contribution in [-0.4, -0.2) is 4.98 Å². The van der Waals surface area contributed by atoms with Crippen LogP contribution in [-0.2, 0) is 6.54 Å². The summed E-state index contributed by atoms with van der Waals surface area (Å²) in [5.41, 5.74) is 7.02. The maximum absolute atomic E-state index is 13.4. The molecule has 0 bridgehead atoms. The number of benzene rings is 1. The molecule has 0 amide bonds. The molecule has 2 rings (SSSR count). The fraction of sp³-hybridized carbons (Fsp3) is 0.364. The molecule has 0 aliphatic rings. The van der Waals surface area contributed by atoms with E-state index in [1.54, 1.807) is 6.07 Å². The second-order valence-electron chi connectivity index (χ2n) is 3.82. The highest BCUT2D eigenvalue weighted by Crippen LogP contribution is 2.23. The molecule has 0 fully saturated rings. The first-order valence-electron chi connectivity index (χ1n) is 4.90. The highest BCUT2D eigenvalue weighted by Gasteiger charge is 2.12. The smallest absolute Gasteiger partial charge is 0.198 e. The third-order valence-electron chi connectivity index (χ3n) is 2.29. The Morgan fingerprint density at radius 2 is 2.20 bits per heavy atom. The molecule has 0 atom stereocenters. The molecule has 0 saturated carbocycles. The SMILES string of the molecule is CC(C)c1nc2cc(CN)c(F)cc2o1. The fourth-order valence-corrected chi connectivity index (χ4v) is 1.41. The Hall–Kier alpha value is -1.42. The van der Waals surface area contributed by atoms with Gasteiger partial charge in [0.05, 0.1) is 0 Å². The first-order chi connectivity index (χ1) is 7.11. The molecule has 0 spiro atoms. The molecule has 0 aliphatic carbocycles. The van der Waals surface area contributed by atoms with Gasteiger partial charge in [-0.15, -0.1) is 0 Å². The van der Waals surface area contributed by atoms with Crippen molar-refractivity contribution in [3.63, 3.8) is 0 Å². The van der Waals surface area contributed by atoms with Crippen LogP contribution < -0.4 is 5.73 Å². The summed E-state index contributed by atoms with van der Waals surface area (Å²) in [5, 5.41) is 0. The van der Waals surface area contributed by atoms with Gasteiger partial charge >= 0.3 is 0 Å². The molecule has 15 heavy (non-hydrogen) atoms. The van der Waals surface area contributed by atoms with Gasteiger partial charge in [-0.2, -0.15) is 0 Å². The van der Waals surface area contributed by atoms with E-state index in [0.717, 1.165) is 0 Å². The maximum Gasteiger partial charge on any atom is 0.198 e. The number of oxazole rings is 1. The van der Waals surface area contributed by atoms with E-state index in [-0.39, 0.29) is 18.3 Å². The lowest BCUT2D eigenvalue weighted by molar-refractivity contribution is 0.499. The van der Waals surface area contributed by atoms with Crippen LogP contribution in [0.3, 0.4) is 0 Å². The van der Waals surface area contributed by atoms with Crippen LogP contribution in [0.4, 0.5) is 4.39 Å². The molecule has 1 aromatic carbocycles. The van der Waals surface area contributed by atoms with Gasteiger partial charge < -0.3 is 10.2 Å². The lowest BCUT2D eigenvalue weighted by Gasteiger charge is -1.96. The van der Waals surface area contributed by atoms with Crippen molar-refractivity contribution < 1.29 is 8.81 Å². The van der Waals surface area contributed by atoms with Crippen LogP contribution in [0.5, 0.6) is 0 Å². The predicted molar refractivity (Wildman–Crippen MR) is 55.9 cm³/mol. The molecule has 1 heterocycles. The third-order valence-corrected chi connectivity index (χ3v) is 2.29. The molecule has 0 aliphatic heterocycles. The minimum Gasteiger partial charge on any atom is -0.440 e. The summed E-state index contributed by atoms with van der Waals surface area (Å²) in [5.74, 6) is 0.483. The highest BCUT2D eigenvalue weighted by atomic mass is 19.1. The number of nitrogens with zero attached hydrogens (tertiary/aromatic N) is 1. The van der Waals surface area contributed by atoms with Gasteiger partial charge in [0.15, 0.2) is 11.5 Å². The molecule has 0 saturated heterocycles. The zero-order valence-electron chi connectivity index (χ0n) is 8.75. The summed E-state index contributed by atoms with van der Waals surface area (Å²) in [4.78, 5) is 4.27. The van der Waals surface area contributed by atoms with Crippen molar-refractivity contribution in [2.45, 2.75) is 26.3 Å². The van der Waals surface area contributed by atoms with E-state index >= 15 is 0 Å². The Morgan fingerprint density at radius 1 is 1.47 bits per heavy atom. The minimum absolute atomic E-state index is 0.172. The van der Waals surface area contributed by atoms with Gasteiger partial charge in [-0.3, -0.25) is 0 Å². The summed E-state index contributed by atoms with van der Waals surface area (Å²) in [6.07, 6.45) is 0. The van der Waals surface area contributed by atoms with Gasteiger partial charge in [0.25, 0.3) is 0 Å². The van der Waals surface area contributed by atoms with Crippen molar-refractivity contribution in [3.05, 3.63) is 29.4 Å². The largest absolute Gasteiger partial charge is 0.440 e. The number of aromatic nitrogens is 1. The lowest BCUT2D eigenvalue weighted by atomic mass is 10.2. The first kappa shape index (κ1) is 10.1. The van der Waals surface area contributed by atoms with Gasteiger partial charge in [-0.25, -0.2) is 9.37 Å². The molecule has 80 valence electrons. The highest BCUT2D eigenvalue weighted by molar-refractivity contribution is 5.73. The van der Waals surface area contributed by atoms with Gasteiger partial charge in [0.2, 0.25) is 0 Å². The molecule has 4 heteroatoms. The van der Waals surface area contributed by atoms with Crippen LogP contribution in [0.15, 0.2) is 16.5 Å². The van der Waals surface area contributed by atoms with Crippen LogP contribution >= 0.6 is 0 Å². The average Bonchev–Trinajstić information content (AvgIpc) is 2.59. The quantitative estimate of drug-likeness (QED) is 0.825. The number of rotatable bonds is 2. The van der Waals surface area contributed by atoms with E-state index in [9.17, 15) is 4.39 Å². The maximum atomic E-state index is 13.4. The van der Waals surface area contributed by atoms with Crippen molar-refractivity contribution >= 4 is 11.1 Å². The monoisotopic (exact) mass is 208 g/mol. The molecule has 0 radical (unpaired) electrons. The van der Waals surface area contributed by atoms with E-state index in [2.05, 4.69) is 4.98 Å². The first-order valence-corrected chi connectivity index (χ1v) is 4.90. The molecule has 2 N–H and O–H groups in total. The van der Waals surface area contributed by atoms with Gasteiger partial charge in [-0.05, 0) is 6.07 Å². The second kappa shape index (κ2) is 3.62. The van der Waals surface area contributed by atoms with Crippen LogP contribution in [0.2, 0.25) is 0 Å². The molecule has 2 aromatic rings. The molecular formula is C11H13FN2O. The number of nitrogens with two attached hydrogens (primary N) is 1. The Labute approximate surface area is 87.1 Å². The Bertz CT molecular complexity index is 491. The topological polar surface area (TPSA) is 52.0 Å². The minimum atomic E-state index is -0.337. The van der Waals surface area contributed by atoms with E-state index < -0.39 is 0 Å². The second-order valence-corrected chi connectivity index (χ2v) is 3.82. The van der Waals surface area contributed by atoms with E-state index in [1.165, 1.54) is 6.07 Å². The van der Waals surface area contributed by atoms with E-state index in [4.69, 9.17) is 10.2 Å². The third kappa shape index (κ3) is 1.72. The zero-order valence-corrected chi connectivity index (χ0v) is 8.75. The Kier molecular flexibility index (Phi) is 2.44. The van der Waals surface area contributed by atoms with Gasteiger partial charge in [0.1, 0.15) is 11.3 Å². The van der Waals surface area contributed by atoms with Crippen LogP contribution in [0.1, 0.15) is 31.2 Å². The number of hydrogen-bond donors (Lipinski definition) is 1. The standard InChI is InChI=1S/C11H13FN2O/c1-6(2)11-14-9-3-7(5-13)8(12)4-10(9)15-11/h3-4,6H,5,13H2,1-2H3. The number of fused-ring (bicyclic) bond motifs is 1. The molecular weight excluding hydrogens is 195 g/mol. The normalized spacial score (nSPS) is 11.5. The summed E-state index contributed by atoms with van der Waals surface area (Å²) in [6.45, 7) is 4.13. The number of halogens is 1. The van der Waals surface area contributed by atoms with Crippen LogP contribution in [0.25, 0.3) is 11.1 Å². The molecule has 3 nitrogen and oxygen atoms in total. The Balaban J connectivity index is 2.61. The summed E-state index contributed by atoms with van der Waals surface area (Å²) < 4.78 is 18.8. The molecule has 0 unspecified atom stereocenters. The summed E-state index contributed by atoms with van der Waals surface area (Å²) in [7, 11) is 0. The van der Waals surface area contributed by atoms with E-state index in [1.807, 2.05) is 13.8 Å². The van der Waals surface area contributed by atoms with Gasteiger partial charge in [-0.1, -0.05) is 13.8 Å². The molecule has 1 aromatic heterocycles. The fourth-order valence-electron chi connectivity index (χ4n) is 1.41. The lowest BCUT2D eigenvalue weighted by Crippen LogP contribution is -1.99. The van der Waals surface area contributed by atoms with Gasteiger partial charge in [0, 0.05) is 24.1 Å². The van der Waals surface area contributed by atoms with Crippen molar-refractivity contribution in [1.82, 2.24) is 4.98 Å². The van der Waals surface area contributed by atoms with E-state index in [0.29, 0.717) is 22.6 Å². The van der Waals surface area contributed by atoms with Crippen molar-refractivity contribution in [2.75, 3.05) is 0 Å². The van der Waals surface area contributed by atoms with Crippen molar-refractivity contribution in [3.8, 4) is 0 Å². The van der Waals surface area contributed by atoms with Crippen molar-refractivity contribution in [2.24, 2.45) is 5.73 Å². The average molecular weight is 208 g/mol. The summed E-state index contributed by atoms with van der Waals surface area (Å²) in [6, 6.07) is 2.98. The number of hydrogen-bond acceptors (Lipinski definition) is 3. The summed E-state index contributed by atoms with van der Waals surface area (Å²) >= 11 is 0. The predicted octanol–water partition coefficient (Wildman–Crippen LogP) is 2.55.